The van der Waals surface area contributed by atoms with Crippen LogP contribution in [0.1, 0.15) is 23.7 Å². The number of nitro benzene ring substituents is 1. The number of nitro groups is 1. The topological polar surface area (TPSA) is 92.5 Å². The number of carbonyl (C=O) groups is 1. The zero-order chi connectivity index (χ0) is 14.4. The van der Waals surface area contributed by atoms with Crippen LogP contribution in [-0.2, 0) is 0 Å². The third kappa shape index (κ3) is 4.13. The van der Waals surface area contributed by atoms with E-state index in [9.17, 15) is 14.9 Å². The zero-order valence-corrected chi connectivity index (χ0v) is 11.6. The predicted octanol–water partition coefficient (Wildman–Crippen LogP) is 2.85. The average Bonchev–Trinajstić information content (AvgIpc) is 2.37. The lowest BCUT2D eigenvalue weighted by atomic mass is 10.1. The highest BCUT2D eigenvalue weighted by molar-refractivity contribution is 7.98. The van der Waals surface area contributed by atoms with Crippen LogP contribution in [0.4, 0.5) is 11.4 Å². The molecule has 0 fully saturated rings. The first-order chi connectivity index (χ1) is 8.99. The van der Waals surface area contributed by atoms with Crippen LogP contribution in [0.2, 0.25) is 0 Å². The molecule has 0 heterocycles. The van der Waals surface area contributed by atoms with Gasteiger partial charge in [-0.05, 0) is 24.8 Å². The Labute approximate surface area is 115 Å². The van der Waals surface area contributed by atoms with E-state index < -0.39 is 16.6 Å². The van der Waals surface area contributed by atoms with Crippen molar-refractivity contribution in [2.75, 3.05) is 17.3 Å². The quantitative estimate of drug-likeness (QED) is 0.591. The summed E-state index contributed by atoms with van der Waals surface area (Å²) in [5, 5.41) is 22.9. The van der Waals surface area contributed by atoms with Gasteiger partial charge in [0.1, 0.15) is 5.56 Å². The molecule has 0 aromatic heterocycles. The number of aromatic carboxylic acids is 1. The number of nitrogens with zero attached hydrogens (tertiary/aromatic N) is 1. The number of nitrogens with one attached hydrogen (secondary N) is 1. The fraction of sp³-hybridized carbons (Fsp3) is 0.417. The van der Waals surface area contributed by atoms with Gasteiger partial charge in [0.15, 0.2) is 0 Å². The third-order valence-electron chi connectivity index (χ3n) is 2.66. The summed E-state index contributed by atoms with van der Waals surface area (Å²) in [6.07, 6.45) is 2.88. The summed E-state index contributed by atoms with van der Waals surface area (Å²) < 4.78 is 0. The van der Waals surface area contributed by atoms with Gasteiger partial charge in [-0.1, -0.05) is 6.92 Å². The highest BCUT2D eigenvalue weighted by atomic mass is 32.2. The van der Waals surface area contributed by atoms with E-state index in [0.29, 0.717) is 5.69 Å². The molecular formula is C12H16N2O4S. The van der Waals surface area contributed by atoms with Gasteiger partial charge in [-0.25, -0.2) is 4.79 Å². The van der Waals surface area contributed by atoms with Crippen molar-refractivity contribution in [2.45, 2.75) is 19.4 Å². The Hall–Kier alpha value is -1.76. The van der Waals surface area contributed by atoms with Crippen molar-refractivity contribution >= 4 is 29.1 Å². The molecule has 0 aliphatic rings. The molecule has 1 rings (SSSR count). The van der Waals surface area contributed by atoms with Crippen molar-refractivity contribution in [1.29, 1.82) is 0 Å². The fourth-order valence-electron chi connectivity index (χ4n) is 1.65. The Balaban J connectivity index is 3.01. The van der Waals surface area contributed by atoms with E-state index in [-0.39, 0.29) is 11.6 Å². The van der Waals surface area contributed by atoms with Gasteiger partial charge in [0.25, 0.3) is 5.69 Å². The van der Waals surface area contributed by atoms with Gasteiger partial charge in [-0.3, -0.25) is 10.1 Å². The molecule has 1 aromatic rings. The number of thioether (sulfide) groups is 1. The summed E-state index contributed by atoms with van der Waals surface area (Å²) in [7, 11) is 0. The SMILES string of the molecule is CCC(CSC)Nc1ccc([N+](=O)[O-])c(C(=O)O)c1. The molecule has 0 saturated heterocycles. The summed E-state index contributed by atoms with van der Waals surface area (Å²) in [6, 6.07) is 4.27. The molecule has 7 heteroatoms. The number of rotatable bonds is 7. The maximum atomic E-state index is 11.0. The van der Waals surface area contributed by atoms with Crippen LogP contribution in [0.15, 0.2) is 18.2 Å². The molecule has 0 bridgehead atoms. The van der Waals surface area contributed by atoms with E-state index in [2.05, 4.69) is 5.32 Å². The molecule has 0 amide bonds. The van der Waals surface area contributed by atoms with Crippen molar-refractivity contribution in [3.63, 3.8) is 0 Å². The molecule has 1 atom stereocenters. The molecular weight excluding hydrogens is 268 g/mol. The minimum absolute atomic E-state index is 0.207. The van der Waals surface area contributed by atoms with Crippen molar-refractivity contribution in [1.82, 2.24) is 0 Å². The summed E-state index contributed by atoms with van der Waals surface area (Å²) in [6.45, 7) is 2.03. The molecule has 2 N–H and O–H groups in total. The maximum Gasteiger partial charge on any atom is 0.342 e. The van der Waals surface area contributed by atoms with Gasteiger partial charge in [0, 0.05) is 23.5 Å². The van der Waals surface area contributed by atoms with Gasteiger partial charge in [-0.15, -0.1) is 0 Å². The standard InChI is InChI=1S/C12H16N2O4S/c1-3-8(7-19-2)13-9-4-5-11(14(17)18)10(6-9)12(15)16/h4-6,8,13H,3,7H2,1-2H3,(H,15,16). The molecule has 0 aliphatic heterocycles. The predicted molar refractivity (Wildman–Crippen MR) is 76.1 cm³/mol. The van der Waals surface area contributed by atoms with E-state index in [4.69, 9.17) is 5.11 Å². The number of anilines is 1. The zero-order valence-electron chi connectivity index (χ0n) is 10.8. The van der Waals surface area contributed by atoms with Crippen LogP contribution in [0.25, 0.3) is 0 Å². The Morgan fingerprint density at radius 3 is 2.74 bits per heavy atom. The van der Waals surface area contributed by atoms with Crippen LogP contribution in [0.3, 0.4) is 0 Å². The second kappa shape index (κ2) is 6.98. The summed E-state index contributed by atoms with van der Waals surface area (Å²) in [5.74, 6) is -0.413. The van der Waals surface area contributed by atoms with E-state index in [1.54, 1.807) is 11.8 Å². The molecule has 0 radical (unpaired) electrons. The lowest BCUT2D eigenvalue weighted by Crippen LogP contribution is -2.21. The van der Waals surface area contributed by atoms with Crippen molar-refractivity contribution in [3.8, 4) is 0 Å². The smallest absolute Gasteiger partial charge is 0.342 e. The average molecular weight is 284 g/mol. The Bertz CT molecular complexity index is 479. The maximum absolute atomic E-state index is 11.0. The number of hydrogen-bond acceptors (Lipinski definition) is 5. The Kier molecular flexibility index (Phi) is 5.62. The normalized spacial score (nSPS) is 11.9. The van der Waals surface area contributed by atoms with Crippen LogP contribution < -0.4 is 5.32 Å². The second-order valence-electron chi connectivity index (χ2n) is 4.00. The van der Waals surface area contributed by atoms with E-state index in [1.165, 1.54) is 18.2 Å². The third-order valence-corrected chi connectivity index (χ3v) is 3.39. The molecule has 19 heavy (non-hydrogen) atoms. The number of carboxylic acids is 1. The minimum atomic E-state index is -1.30. The molecule has 0 spiro atoms. The molecule has 104 valence electrons. The van der Waals surface area contributed by atoms with Gasteiger partial charge in [0.2, 0.25) is 0 Å². The molecule has 1 unspecified atom stereocenters. The van der Waals surface area contributed by atoms with Crippen molar-refractivity contribution in [2.24, 2.45) is 0 Å². The first-order valence-corrected chi connectivity index (χ1v) is 7.16. The number of hydrogen-bond donors (Lipinski definition) is 2. The van der Waals surface area contributed by atoms with E-state index in [0.717, 1.165) is 12.2 Å². The summed E-state index contributed by atoms with van der Waals surface area (Å²) in [5.41, 5.74) is -0.103. The Morgan fingerprint density at radius 1 is 1.58 bits per heavy atom. The van der Waals surface area contributed by atoms with E-state index in [1.807, 2.05) is 13.2 Å². The lowest BCUT2D eigenvalue weighted by molar-refractivity contribution is -0.385. The fourth-order valence-corrected chi connectivity index (χ4v) is 2.38. The second-order valence-corrected chi connectivity index (χ2v) is 4.91. The van der Waals surface area contributed by atoms with Crippen LogP contribution >= 0.6 is 11.8 Å². The molecule has 1 aromatic carbocycles. The number of benzene rings is 1. The Morgan fingerprint density at radius 2 is 2.26 bits per heavy atom. The lowest BCUT2D eigenvalue weighted by Gasteiger charge is -2.17. The summed E-state index contributed by atoms with van der Waals surface area (Å²) in [4.78, 5) is 21.1. The number of carboxylic acid groups (broad SMARTS) is 1. The monoisotopic (exact) mass is 284 g/mol. The highest BCUT2D eigenvalue weighted by Gasteiger charge is 2.20. The van der Waals surface area contributed by atoms with Gasteiger partial charge >= 0.3 is 5.97 Å². The van der Waals surface area contributed by atoms with Crippen molar-refractivity contribution < 1.29 is 14.8 Å². The largest absolute Gasteiger partial charge is 0.477 e. The first-order valence-electron chi connectivity index (χ1n) is 5.76. The molecule has 0 aliphatic carbocycles. The van der Waals surface area contributed by atoms with Crippen molar-refractivity contribution in [3.05, 3.63) is 33.9 Å². The van der Waals surface area contributed by atoms with E-state index >= 15 is 0 Å². The van der Waals surface area contributed by atoms with Crippen LogP contribution in [-0.4, -0.2) is 34.0 Å². The minimum Gasteiger partial charge on any atom is -0.477 e. The molecule has 0 saturated carbocycles. The first kappa shape index (κ1) is 15.3. The van der Waals surface area contributed by atoms with Crippen LogP contribution in [0.5, 0.6) is 0 Å². The van der Waals surface area contributed by atoms with Gasteiger partial charge in [0.05, 0.1) is 4.92 Å². The highest BCUT2D eigenvalue weighted by Crippen LogP contribution is 2.23. The van der Waals surface area contributed by atoms with Gasteiger partial charge < -0.3 is 10.4 Å². The van der Waals surface area contributed by atoms with Crippen LogP contribution in [0, 0.1) is 10.1 Å². The molecule has 6 nitrogen and oxygen atoms in total. The van der Waals surface area contributed by atoms with Gasteiger partial charge in [-0.2, -0.15) is 11.8 Å². The summed E-state index contributed by atoms with van der Waals surface area (Å²) >= 11 is 1.69.